The number of rotatable bonds is 5. The van der Waals surface area contributed by atoms with Gasteiger partial charge in [0.15, 0.2) is 0 Å². The third kappa shape index (κ3) is 4.19. The average Bonchev–Trinajstić information content (AvgIpc) is 2.59. The molecule has 1 aromatic heterocycles. The van der Waals surface area contributed by atoms with E-state index in [-0.39, 0.29) is 12.5 Å². The van der Waals surface area contributed by atoms with Crippen molar-refractivity contribution in [3.8, 4) is 0 Å². The smallest absolute Gasteiger partial charge is 0.269 e. The van der Waals surface area contributed by atoms with Gasteiger partial charge in [-0.25, -0.2) is 0 Å². The molecule has 0 radical (unpaired) electrons. The van der Waals surface area contributed by atoms with Crippen molar-refractivity contribution < 1.29 is 9.90 Å². The van der Waals surface area contributed by atoms with Crippen LogP contribution in [0.1, 0.15) is 37.7 Å². The second kappa shape index (κ2) is 5.31. The Morgan fingerprint density at radius 1 is 1.65 bits per heavy atom. The highest BCUT2D eigenvalue weighted by molar-refractivity contribution is 5.92. The molecule has 0 saturated heterocycles. The number of amides is 1. The molecule has 1 heterocycles. The monoisotopic (exact) mass is 239 g/mol. The highest BCUT2D eigenvalue weighted by atomic mass is 16.3. The molecule has 5 nitrogen and oxygen atoms in total. The molecule has 0 aliphatic carbocycles. The number of hydrogen-bond acceptors (Lipinski definition) is 3. The predicted molar refractivity (Wildman–Crippen MR) is 65.6 cm³/mol. The maximum Gasteiger partial charge on any atom is 0.269 e. The fraction of sp³-hybridized carbons (Fsp3) is 0.667. The van der Waals surface area contributed by atoms with Crippen molar-refractivity contribution in [2.24, 2.45) is 13.0 Å². The zero-order valence-corrected chi connectivity index (χ0v) is 10.9. The Balaban J connectivity index is 2.51. The summed E-state index contributed by atoms with van der Waals surface area (Å²) in [7, 11) is 1.71. The predicted octanol–water partition coefficient (Wildman–Crippen LogP) is 0.947. The van der Waals surface area contributed by atoms with Crippen molar-refractivity contribution in [1.29, 1.82) is 0 Å². The van der Waals surface area contributed by atoms with Crippen LogP contribution in [0.15, 0.2) is 12.3 Å². The first-order valence-corrected chi connectivity index (χ1v) is 5.80. The lowest BCUT2D eigenvalue weighted by atomic mass is 9.94. The van der Waals surface area contributed by atoms with Gasteiger partial charge in [-0.1, -0.05) is 13.8 Å². The molecule has 96 valence electrons. The molecule has 1 aromatic rings. The second-order valence-corrected chi connectivity index (χ2v) is 5.12. The van der Waals surface area contributed by atoms with Crippen LogP contribution in [0.25, 0.3) is 0 Å². The minimum Gasteiger partial charge on any atom is -0.388 e. The normalized spacial score (nSPS) is 14.7. The zero-order chi connectivity index (χ0) is 13.1. The number of aromatic nitrogens is 2. The molecule has 0 aromatic carbocycles. The van der Waals surface area contributed by atoms with Crippen molar-refractivity contribution in [3.05, 3.63) is 18.0 Å². The van der Waals surface area contributed by atoms with Crippen LogP contribution in [0.4, 0.5) is 0 Å². The van der Waals surface area contributed by atoms with Gasteiger partial charge in [-0.05, 0) is 25.3 Å². The maximum atomic E-state index is 11.8. The summed E-state index contributed by atoms with van der Waals surface area (Å²) in [6, 6.07) is 1.65. The van der Waals surface area contributed by atoms with Crippen molar-refractivity contribution in [1.82, 2.24) is 15.1 Å². The number of aliphatic hydroxyl groups is 1. The van der Waals surface area contributed by atoms with Gasteiger partial charge in [0.05, 0.1) is 5.60 Å². The Labute approximate surface area is 102 Å². The SMILES string of the molecule is CC(C)CC(C)(O)CNC(=O)c1ccnn1C. The van der Waals surface area contributed by atoms with Crippen LogP contribution in [0.3, 0.4) is 0 Å². The molecule has 1 amide bonds. The number of carbonyl (C=O) groups is 1. The van der Waals surface area contributed by atoms with Crippen LogP contribution < -0.4 is 5.32 Å². The van der Waals surface area contributed by atoms with Gasteiger partial charge >= 0.3 is 0 Å². The van der Waals surface area contributed by atoms with Gasteiger partial charge in [-0.15, -0.1) is 0 Å². The van der Waals surface area contributed by atoms with Crippen molar-refractivity contribution in [2.45, 2.75) is 32.8 Å². The molecule has 1 atom stereocenters. The molecule has 0 fully saturated rings. The van der Waals surface area contributed by atoms with Gasteiger partial charge in [0.2, 0.25) is 0 Å². The topological polar surface area (TPSA) is 67.2 Å². The summed E-state index contributed by atoms with van der Waals surface area (Å²) < 4.78 is 1.51. The van der Waals surface area contributed by atoms with Gasteiger partial charge in [0.25, 0.3) is 5.91 Å². The zero-order valence-electron chi connectivity index (χ0n) is 10.9. The molecule has 17 heavy (non-hydrogen) atoms. The molecule has 0 saturated carbocycles. The molecular weight excluding hydrogens is 218 g/mol. The summed E-state index contributed by atoms with van der Waals surface area (Å²) in [5, 5.41) is 16.7. The van der Waals surface area contributed by atoms with E-state index in [0.29, 0.717) is 18.0 Å². The minimum atomic E-state index is -0.873. The van der Waals surface area contributed by atoms with Gasteiger partial charge in [0, 0.05) is 19.8 Å². The lowest BCUT2D eigenvalue weighted by Crippen LogP contribution is -2.41. The van der Waals surface area contributed by atoms with E-state index in [9.17, 15) is 9.90 Å². The van der Waals surface area contributed by atoms with E-state index in [2.05, 4.69) is 10.4 Å². The van der Waals surface area contributed by atoms with Gasteiger partial charge in [-0.3, -0.25) is 9.48 Å². The van der Waals surface area contributed by atoms with E-state index < -0.39 is 5.60 Å². The highest BCUT2D eigenvalue weighted by Gasteiger charge is 2.23. The van der Waals surface area contributed by atoms with Gasteiger partial charge in [0.1, 0.15) is 5.69 Å². The fourth-order valence-electron chi connectivity index (χ4n) is 1.91. The molecule has 1 rings (SSSR count). The number of aryl methyl sites for hydroxylation is 1. The lowest BCUT2D eigenvalue weighted by molar-refractivity contribution is 0.0366. The Kier molecular flexibility index (Phi) is 4.28. The minimum absolute atomic E-state index is 0.214. The Morgan fingerprint density at radius 2 is 2.29 bits per heavy atom. The Morgan fingerprint density at radius 3 is 2.76 bits per heavy atom. The Bertz CT molecular complexity index is 383. The maximum absolute atomic E-state index is 11.8. The summed E-state index contributed by atoms with van der Waals surface area (Å²) in [5.41, 5.74) is -0.382. The molecule has 1 unspecified atom stereocenters. The van der Waals surface area contributed by atoms with Crippen LogP contribution in [0.5, 0.6) is 0 Å². The third-order valence-corrected chi connectivity index (χ3v) is 2.53. The average molecular weight is 239 g/mol. The first kappa shape index (κ1) is 13.7. The van der Waals surface area contributed by atoms with Gasteiger partial charge < -0.3 is 10.4 Å². The largest absolute Gasteiger partial charge is 0.388 e. The Hall–Kier alpha value is -1.36. The van der Waals surface area contributed by atoms with Crippen LogP contribution >= 0.6 is 0 Å². The summed E-state index contributed by atoms with van der Waals surface area (Å²) in [6.45, 7) is 6.06. The quantitative estimate of drug-likeness (QED) is 0.804. The van der Waals surface area contributed by atoms with Crippen LogP contribution in [-0.2, 0) is 7.05 Å². The molecule has 0 aliphatic rings. The van der Waals surface area contributed by atoms with E-state index in [1.165, 1.54) is 4.68 Å². The first-order chi connectivity index (χ1) is 7.82. The third-order valence-electron chi connectivity index (χ3n) is 2.53. The number of hydrogen-bond donors (Lipinski definition) is 2. The second-order valence-electron chi connectivity index (χ2n) is 5.12. The van der Waals surface area contributed by atoms with E-state index in [1.54, 1.807) is 26.2 Å². The lowest BCUT2D eigenvalue weighted by Gasteiger charge is -2.25. The van der Waals surface area contributed by atoms with Crippen LogP contribution in [-0.4, -0.2) is 32.9 Å². The van der Waals surface area contributed by atoms with E-state index in [0.717, 1.165) is 0 Å². The van der Waals surface area contributed by atoms with E-state index in [4.69, 9.17) is 0 Å². The standard InChI is InChI=1S/C12H21N3O2/c1-9(2)7-12(3,17)8-13-11(16)10-5-6-14-15(10)4/h5-6,9,17H,7-8H2,1-4H3,(H,13,16). The molecule has 0 bridgehead atoms. The highest BCUT2D eigenvalue weighted by Crippen LogP contribution is 2.15. The fourth-order valence-corrected chi connectivity index (χ4v) is 1.91. The summed E-state index contributed by atoms with van der Waals surface area (Å²) in [6.07, 6.45) is 2.22. The summed E-state index contributed by atoms with van der Waals surface area (Å²) in [5.74, 6) is 0.174. The summed E-state index contributed by atoms with van der Waals surface area (Å²) >= 11 is 0. The van der Waals surface area contributed by atoms with Crippen molar-refractivity contribution >= 4 is 5.91 Å². The molecule has 2 N–H and O–H groups in total. The molecule has 0 aliphatic heterocycles. The van der Waals surface area contributed by atoms with Crippen LogP contribution in [0, 0.1) is 5.92 Å². The number of nitrogens with zero attached hydrogens (tertiary/aromatic N) is 2. The number of carbonyl (C=O) groups excluding carboxylic acids is 1. The number of nitrogens with one attached hydrogen (secondary N) is 1. The molecule has 5 heteroatoms. The van der Waals surface area contributed by atoms with E-state index >= 15 is 0 Å². The van der Waals surface area contributed by atoms with Crippen molar-refractivity contribution in [3.63, 3.8) is 0 Å². The van der Waals surface area contributed by atoms with E-state index in [1.807, 2.05) is 13.8 Å². The molecular formula is C12H21N3O2. The van der Waals surface area contributed by atoms with Crippen LogP contribution in [0.2, 0.25) is 0 Å². The van der Waals surface area contributed by atoms with Gasteiger partial charge in [-0.2, -0.15) is 5.10 Å². The first-order valence-electron chi connectivity index (χ1n) is 5.80. The molecule has 0 spiro atoms. The summed E-state index contributed by atoms with van der Waals surface area (Å²) in [4.78, 5) is 11.8. The van der Waals surface area contributed by atoms with Crippen molar-refractivity contribution in [2.75, 3.05) is 6.54 Å².